The standard InChI is InChI=1S/C20H22N6O2/c1-3-14(2)23-20-24-17(15-8-6-10-21-12-15)11-19(25-20)22-13-16-7-4-5-9-18(16)26(27)28/h4-12,14H,3,13H2,1-2H3,(H2,22,23,24,25)/t14-/m1/s1. The normalized spacial score (nSPS) is 11.6. The smallest absolute Gasteiger partial charge is 0.274 e. The first-order valence-corrected chi connectivity index (χ1v) is 9.09. The number of nitrogens with one attached hydrogen (secondary N) is 2. The van der Waals surface area contributed by atoms with E-state index in [1.54, 1.807) is 30.6 Å². The lowest BCUT2D eigenvalue weighted by Gasteiger charge is -2.14. The molecule has 0 spiro atoms. The van der Waals surface area contributed by atoms with Gasteiger partial charge in [-0.15, -0.1) is 0 Å². The van der Waals surface area contributed by atoms with Crippen molar-refractivity contribution >= 4 is 17.5 Å². The highest BCUT2D eigenvalue weighted by Crippen LogP contribution is 2.23. The van der Waals surface area contributed by atoms with E-state index < -0.39 is 0 Å². The maximum absolute atomic E-state index is 11.2. The molecule has 28 heavy (non-hydrogen) atoms. The van der Waals surface area contributed by atoms with Gasteiger partial charge in [0.15, 0.2) is 0 Å². The molecule has 0 radical (unpaired) electrons. The SMILES string of the molecule is CC[C@@H](C)Nc1nc(NCc2ccccc2[N+](=O)[O-])cc(-c2cccnc2)n1. The van der Waals surface area contributed by atoms with Crippen LogP contribution in [0, 0.1) is 10.1 Å². The highest BCUT2D eigenvalue weighted by molar-refractivity contribution is 5.63. The quantitative estimate of drug-likeness (QED) is 0.445. The summed E-state index contributed by atoms with van der Waals surface area (Å²) in [5, 5.41) is 17.7. The Morgan fingerprint density at radius 2 is 2.00 bits per heavy atom. The van der Waals surface area contributed by atoms with Crippen LogP contribution in [0.25, 0.3) is 11.3 Å². The van der Waals surface area contributed by atoms with Gasteiger partial charge in [0.1, 0.15) is 5.82 Å². The van der Waals surface area contributed by atoms with E-state index in [4.69, 9.17) is 0 Å². The molecular weight excluding hydrogens is 356 g/mol. The van der Waals surface area contributed by atoms with Gasteiger partial charge >= 0.3 is 0 Å². The molecule has 8 nitrogen and oxygen atoms in total. The Balaban J connectivity index is 1.89. The lowest BCUT2D eigenvalue weighted by Crippen LogP contribution is -2.16. The van der Waals surface area contributed by atoms with Gasteiger partial charge in [0.05, 0.1) is 10.6 Å². The molecule has 0 saturated carbocycles. The van der Waals surface area contributed by atoms with E-state index in [1.807, 2.05) is 18.2 Å². The van der Waals surface area contributed by atoms with Crippen LogP contribution in [-0.2, 0) is 6.54 Å². The van der Waals surface area contributed by atoms with Crippen LogP contribution in [0.15, 0.2) is 54.9 Å². The van der Waals surface area contributed by atoms with Crippen molar-refractivity contribution in [3.63, 3.8) is 0 Å². The molecule has 3 aromatic rings. The van der Waals surface area contributed by atoms with Crippen molar-refractivity contribution in [1.29, 1.82) is 0 Å². The van der Waals surface area contributed by atoms with E-state index in [1.165, 1.54) is 6.07 Å². The molecule has 3 rings (SSSR count). The lowest BCUT2D eigenvalue weighted by molar-refractivity contribution is -0.385. The van der Waals surface area contributed by atoms with Gasteiger partial charge in [-0.2, -0.15) is 4.98 Å². The maximum atomic E-state index is 11.2. The molecule has 8 heteroatoms. The first-order chi connectivity index (χ1) is 13.6. The number of nitro benzene ring substituents is 1. The maximum Gasteiger partial charge on any atom is 0.274 e. The number of hydrogen-bond donors (Lipinski definition) is 2. The molecule has 0 saturated heterocycles. The van der Waals surface area contributed by atoms with Crippen molar-refractivity contribution in [3.8, 4) is 11.3 Å². The monoisotopic (exact) mass is 378 g/mol. The largest absolute Gasteiger partial charge is 0.366 e. The first-order valence-electron chi connectivity index (χ1n) is 9.09. The van der Waals surface area contributed by atoms with Crippen LogP contribution in [0.2, 0.25) is 0 Å². The average molecular weight is 378 g/mol. The van der Waals surface area contributed by atoms with Crippen LogP contribution >= 0.6 is 0 Å². The van der Waals surface area contributed by atoms with E-state index in [-0.39, 0.29) is 23.2 Å². The molecule has 0 aliphatic heterocycles. The number of anilines is 2. The predicted molar refractivity (Wildman–Crippen MR) is 109 cm³/mol. The van der Waals surface area contributed by atoms with Crippen molar-refractivity contribution in [2.75, 3.05) is 10.6 Å². The average Bonchev–Trinajstić information content (AvgIpc) is 2.72. The number of para-hydroxylation sites is 1. The van der Waals surface area contributed by atoms with Gasteiger partial charge in [0, 0.05) is 48.2 Å². The zero-order valence-electron chi connectivity index (χ0n) is 15.8. The zero-order chi connectivity index (χ0) is 19.9. The summed E-state index contributed by atoms with van der Waals surface area (Å²) in [7, 11) is 0. The number of benzene rings is 1. The van der Waals surface area contributed by atoms with Crippen LogP contribution in [0.5, 0.6) is 0 Å². The number of nitrogens with zero attached hydrogens (tertiary/aromatic N) is 4. The zero-order valence-corrected chi connectivity index (χ0v) is 15.8. The molecule has 2 heterocycles. The number of pyridine rings is 1. The summed E-state index contributed by atoms with van der Waals surface area (Å²) in [6.45, 7) is 4.42. The molecule has 2 N–H and O–H groups in total. The third-order valence-corrected chi connectivity index (χ3v) is 4.32. The Kier molecular flexibility index (Phi) is 6.11. The summed E-state index contributed by atoms with van der Waals surface area (Å²) in [6.07, 6.45) is 4.37. The molecule has 0 amide bonds. The Hall–Kier alpha value is -3.55. The van der Waals surface area contributed by atoms with Gasteiger partial charge in [-0.25, -0.2) is 4.98 Å². The van der Waals surface area contributed by atoms with Gasteiger partial charge in [-0.05, 0) is 25.5 Å². The second-order valence-electron chi connectivity index (χ2n) is 6.40. The second-order valence-corrected chi connectivity index (χ2v) is 6.40. The third-order valence-electron chi connectivity index (χ3n) is 4.32. The molecule has 0 fully saturated rings. The van der Waals surface area contributed by atoms with Crippen molar-refractivity contribution < 1.29 is 4.92 Å². The van der Waals surface area contributed by atoms with Gasteiger partial charge in [0.25, 0.3) is 5.69 Å². The third kappa shape index (κ3) is 4.79. The summed E-state index contributed by atoms with van der Waals surface area (Å²) >= 11 is 0. The molecule has 1 aromatic carbocycles. The molecular formula is C20H22N6O2. The van der Waals surface area contributed by atoms with Crippen molar-refractivity contribution in [2.45, 2.75) is 32.9 Å². The van der Waals surface area contributed by atoms with E-state index in [9.17, 15) is 10.1 Å². The summed E-state index contributed by atoms with van der Waals surface area (Å²) in [4.78, 5) is 24.1. The van der Waals surface area contributed by atoms with E-state index >= 15 is 0 Å². The Morgan fingerprint density at radius 1 is 1.18 bits per heavy atom. The molecule has 0 aliphatic rings. The van der Waals surface area contributed by atoms with Gasteiger partial charge in [0.2, 0.25) is 5.95 Å². The summed E-state index contributed by atoms with van der Waals surface area (Å²) in [5.74, 6) is 1.08. The summed E-state index contributed by atoms with van der Waals surface area (Å²) in [5.41, 5.74) is 2.25. The first kappa shape index (κ1) is 19.2. The topological polar surface area (TPSA) is 106 Å². The minimum atomic E-state index is -0.381. The predicted octanol–water partition coefficient (Wildman–Crippen LogP) is 4.27. The van der Waals surface area contributed by atoms with Crippen LogP contribution in [0.4, 0.5) is 17.5 Å². The Bertz CT molecular complexity index is 948. The second kappa shape index (κ2) is 8.90. The minimum Gasteiger partial charge on any atom is -0.366 e. The van der Waals surface area contributed by atoms with Crippen molar-refractivity contribution in [2.24, 2.45) is 0 Å². The number of hydrogen-bond acceptors (Lipinski definition) is 7. The summed E-state index contributed by atoms with van der Waals surface area (Å²) < 4.78 is 0. The molecule has 2 aromatic heterocycles. The van der Waals surface area contributed by atoms with Crippen molar-refractivity contribution in [1.82, 2.24) is 15.0 Å². The van der Waals surface area contributed by atoms with Gasteiger partial charge < -0.3 is 10.6 Å². The molecule has 0 unspecified atom stereocenters. The van der Waals surface area contributed by atoms with Crippen LogP contribution < -0.4 is 10.6 Å². The fourth-order valence-corrected chi connectivity index (χ4v) is 2.61. The molecule has 0 aliphatic carbocycles. The van der Waals surface area contributed by atoms with Crippen LogP contribution in [0.3, 0.4) is 0 Å². The van der Waals surface area contributed by atoms with Gasteiger partial charge in [-0.1, -0.05) is 25.1 Å². The van der Waals surface area contributed by atoms with Crippen LogP contribution in [-0.4, -0.2) is 25.9 Å². The summed E-state index contributed by atoms with van der Waals surface area (Å²) in [6, 6.07) is 12.5. The van der Waals surface area contributed by atoms with E-state index in [0.29, 0.717) is 17.3 Å². The lowest BCUT2D eigenvalue weighted by atomic mass is 10.1. The molecule has 144 valence electrons. The minimum absolute atomic E-state index is 0.0782. The Morgan fingerprint density at radius 3 is 2.71 bits per heavy atom. The van der Waals surface area contributed by atoms with E-state index in [0.717, 1.165) is 17.7 Å². The fraction of sp³-hybridized carbons (Fsp3) is 0.250. The van der Waals surface area contributed by atoms with Crippen LogP contribution in [0.1, 0.15) is 25.8 Å². The number of aromatic nitrogens is 3. The van der Waals surface area contributed by atoms with Crippen molar-refractivity contribution in [3.05, 3.63) is 70.5 Å². The number of nitro groups is 1. The Labute approximate surface area is 163 Å². The molecule has 1 atom stereocenters. The molecule has 0 bridgehead atoms. The highest BCUT2D eigenvalue weighted by atomic mass is 16.6. The van der Waals surface area contributed by atoms with Gasteiger partial charge in [-0.3, -0.25) is 15.1 Å². The van der Waals surface area contributed by atoms with E-state index in [2.05, 4.69) is 39.4 Å². The highest BCUT2D eigenvalue weighted by Gasteiger charge is 2.13. The fourth-order valence-electron chi connectivity index (χ4n) is 2.61. The number of rotatable bonds is 8.